The number of allylic oxidation sites excluding steroid dienone is 3. The largest absolute Gasteiger partial charge is 0.416 e. The van der Waals surface area contributed by atoms with Crippen molar-refractivity contribution < 1.29 is 27.2 Å². The number of carbonyl (C=O) groups excluding carboxylic acids is 1. The van der Waals surface area contributed by atoms with Crippen LogP contribution < -0.4 is 16.0 Å². The van der Waals surface area contributed by atoms with Crippen molar-refractivity contribution in [1.82, 2.24) is 10.6 Å². The average Bonchev–Trinajstić information content (AvgIpc) is 2.84. The average molecular weight is 519 g/mol. The maximum atomic E-state index is 13.6. The van der Waals surface area contributed by atoms with Crippen molar-refractivity contribution in [2.24, 2.45) is 5.16 Å². The molecule has 0 fully saturated rings. The molecule has 2 aromatic rings. The van der Waals surface area contributed by atoms with Crippen LogP contribution >= 0.6 is 0 Å². The van der Waals surface area contributed by atoms with Crippen molar-refractivity contribution >= 4 is 24.0 Å². The molecule has 2 rings (SSSR count). The first-order valence-corrected chi connectivity index (χ1v) is 11.0. The van der Waals surface area contributed by atoms with Gasteiger partial charge in [-0.25, -0.2) is 9.18 Å². The lowest BCUT2D eigenvalue weighted by molar-refractivity contribution is -0.137. The van der Waals surface area contributed by atoms with Gasteiger partial charge in [0.25, 0.3) is 0 Å². The van der Waals surface area contributed by atoms with Crippen molar-refractivity contribution in [2.45, 2.75) is 33.4 Å². The summed E-state index contributed by atoms with van der Waals surface area (Å²) in [6.07, 6.45) is -0.607. The van der Waals surface area contributed by atoms with Gasteiger partial charge in [-0.1, -0.05) is 55.6 Å². The smallest absolute Gasteiger partial charge is 0.362 e. The number of anilines is 1. The number of carbonyl (C=O) groups is 1. The predicted octanol–water partition coefficient (Wildman–Crippen LogP) is 7.52. The molecule has 0 heterocycles. The zero-order valence-electron chi connectivity index (χ0n) is 20.9. The van der Waals surface area contributed by atoms with E-state index in [1.54, 1.807) is 6.92 Å². The summed E-state index contributed by atoms with van der Waals surface area (Å²) in [6.45, 7) is 15.5. The summed E-state index contributed by atoms with van der Waals surface area (Å²) in [5.41, 5.74) is 2.20. The summed E-state index contributed by atoms with van der Waals surface area (Å²) < 4.78 is 51.0. The van der Waals surface area contributed by atoms with Gasteiger partial charge in [0.2, 0.25) is 5.88 Å². The van der Waals surface area contributed by atoms with Gasteiger partial charge in [0, 0.05) is 23.7 Å². The number of nitrogens with one attached hydrogen (secondary N) is 3. The second-order valence-corrected chi connectivity index (χ2v) is 7.32. The lowest BCUT2D eigenvalue weighted by Gasteiger charge is -2.12. The van der Waals surface area contributed by atoms with Crippen LogP contribution in [-0.4, -0.2) is 12.7 Å². The van der Waals surface area contributed by atoms with E-state index < -0.39 is 17.8 Å². The Kier molecular flexibility index (Phi) is 12.4. The first kappa shape index (κ1) is 30.7. The summed E-state index contributed by atoms with van der Waals surface area (Å²) in [5.74, 6) is -0.252. The van der Waals surface area contributed by atoms with Gasteiger partial charge in [-0.3, -0.25) is 5.32 Å². The number of nitrogens with zero attached hydrogens (tertiary/aromatic N) is 1. The number of rotatable bonds is 9. The maximum Gasteiger partial charge on any atom is 0.416 e. The number of amides is 2. The van der Waals surface area contributed by atoms with Crippen LogP contribution in [0.1, 0.15) is 37.5 Å². The highest BCUT2D eigenvalue weighted by Gasteiger charge is 2.30. The number of hydrogen-bond donors (Lipinski definition) is 3. The Morgan fingerprint density at radius 3 is 2.30 bits per heavy atom. The zero-order valence-corrected chi connectivity index (χ0v) is 20.9. The summed E-state index contributed by atoms with van der Waals surface area (Å²) in [7, 11) is 0. The van der Waals surface area contributed by atoms with E-state index in [4.69, 9.17) is 0 Å². The van der Waals surface area contributed by atoms with Crippen LogP contribution in [0.25, 0.3) is 5.57 Å². The molecular formula is C27H30F4N4O2. The van der Waals surface area contributed by atoms with Crippen LogP contribution in [0.4, 0.5) is 28.0 Å². The topological polar surface area (TPSA) is 74.8 Å². The maximum absolute atomic E-state index is 13.6. The Morgan fingerprint density at radius 1 is 1.16 bits per heavy atom. The molecule has 2 aromatic carbocycles. The van der Waals surface area contributed by atoms with E-state index in [2.05, 4.69) is 52.7 Å². The van der Waals surface area contributed by atoms with E-state index in [0.717, 1.165) is 24.1 Å². The van der Waals surface area contributed by atoms with Crippen molar-refractivity contribution in [3.8, 4) is 0 Å². The van der Waals surface area contributed by atoms with Crippen LogP contribution in [0.15, 0.2) is 96.5 Å². The predicted molar refractivity (Wildman–Crippen MR) is 140 cm³/mol. The number of hydrogen-bond acceptors (Lipinski definition) is 4. The molecule has 0 spiro atoms. The molecular weight excluding hydrogens is 488 g/mol. The standard InChI is InChI=1S/C15H18FN.C12H12F3N3O2/c1-5-13-7-9-14(10-8-13)15(11(3)16)12(4)17-6-2;1-3-10(20-16-2)18-11(19)17-9-6-4-5-8(7-9)12(13,14)15/h6-10,17H,2,4-5H2,1,3H3;3-7H,2H2,1H3,(H2,17,18,19)/b15-11-;10-3-. The summed E-state index contributed by atoms with van der Waals surface area (Å²) >= 11 is 0. The Hall–Kier alpha value is -4.34. The molecule has 10 heteroatoms. The van der Waals surface area contributed by atoms with Crippen LogP contribution in [0, 0.1) is 0 Å². The SMILES string of the molecule is C=CNC(=C)/C(=C(\C)F)c1ccc(CC)cc1.C=NO/C(=C\C)NC(=O)Nc1cccc(C(F)(F)F)c1. The number of aryl methyl sites for hydroxylation is 1. The van der Waals surface area contributed by atoms with Crippen LogP contribution in [0.2, 0.25) is 0 Å². The molecule has 6 nitrogen and oxygen atoms in total. The van der Waals surface area contributed by atoms with E-state index in [1.807, 2.05) is 24.3 Å². The minimum Gasteiger partial charge on any atom is -0.362 e. The summed E-state index contributed by atoms with van der Waals surface area (Å²) in [5, 5.41) is 10.4. The third-order valence-electron chi connectivity index (χ3n) is 4.68. The zero-order chi connectivity index (χ0) is 28.0. The molecule has 3 N–H and O–H groups in total. The highest BCUT2D eigenvalue weighted by atomic mass is 19.4. The van der Waals surface area contributed by atoms with Gasteiger partial charge in [0.15, 0.2) is 0 Å². The molecule has 0 bridgehead atoms. The molecule has 0 saturated carbocycles. The third kappa shape index (κ3) is 10.4. The van der Waals surface area contributed by atoms with Crippen molar-refractivity contribution in [2.75, 3.05) is 5.32 Å². The summed E-state index contributed by atoms with van der Waals surface area (Å²) in [4.78, 5) is 16.1. The number of benzene rings is 2. The van der Waals surface area contributed by atoms with Crippen molar-refractivity contribution in [3.63, 3.8) is 0 Å². The van der Waals surface area contributed by atoms with Crippen LogP contribution in [-0.2, 0) is 17.4 Å². The molecule has 0 aromatic heterocycles. The first-order chi connectivity index (χ1) is 17.5. The van der Waals surface area contributed by atoms with E-state index in [1.165, 1.54) is 36.9 Å². The molecule has 0 unspecified atom stereocenters. The fourth-order valence-corrected chi connectivity index (χ4v) is 2.95. The van der Waals surface area contributed by atoms with E-state index >= 15 is 0 Å². The minimum atomic E-state index is -4.47. The normalized spacial score (nSPS) is 11.7. The number of halogens is 4. The highest BCUT2D eigenvalue weighted by molar-refractivity contribution is 5.90. The van der Waals surface area contributed by atoms with Crippen molar-refractivity contribution in [3.05, 3.63) is 108 Å². The quantitative estimate of drug-likeness (QED) is 0.106. The fourth-order valence-electron chi connectivity index (χ4n) is 2.95. The van der Waals surface area contributed by atoms with Gasteiger partial charge in [0.05, 0.1) is 5.56 Å². The van der Waals surface area contributed by atoms with E-state index in [-0.39, 0.29) is 17.4 Å². The van der Waals surface area contributed by atoms with Gasteiger partial charge < -0.3 is 15.5 Å². The van der Waals surface area contributed by atoms with Gasteiger partial charge >= 0.3 is 12.2 Å². The van der Waals surface area contributed by atoms with E-state index in [0.29, 0.717) is 11.3 Å². The van der Waals surface area contributed by atoms with Gasteiger partial charge in [-0.15, -0.1) is 0 Å². The van der Waals surface area contributed by atoms with Crippen LogP contribution in [0.5, 0.6) is 0 Å². The van der Waals surface area contributed by atoms with Crippen molar-refractivity contribution in [1.29, 1.82) is 0 Å². The fraction of sp³-hybridized carbons (Fsp3) is 0.185. The molecule has 2 amide bonds. The lowest BCUT2D eigenvalue weighted by atomic mass is 10.0. The molecule has 0 aliphatic carbocycles. The molecule has 198 valence electrons. The van der Waals surface area contributed by atoms with E-state index in [9.17, 15) is 22.4 Å². The number of oxime groups is 1. The Balaban J connectivity index is 0.000000375. The molecule has 0 aliphatic rings. The number of urea groups is 1. The monoisotopic (exact) mass is 518 g/mol. The van der Waals surface area contributed by atoms with Gasteiger partial charge in [-0.2, -0.15) is 13.2 Å². The molecule has 37 heavy (non-hydrogen) atoms. The Labute approximate surface area is 214 Å². The third-order valence-corrected chi connectivity index (χ3v) is 4.68. The highest BCUT2D eigenvalue weighted by Crippen LogP contribution is 2.30. The Bertz CT molecular complexity index is 1150. The minimum absolute atomic E-state index is 0.000611. The molecule has 0 radical (unpaired) electrons. The molecule has 0 saturated heterocycles. The van der Waals surface area contributed by atoms with Gasteiger partial charge in [0.1, 0.15) is 5.83 Å². The first-order valence-electron chi connectivity index (χ1n) is 11.0. The second-order valence-electron chi connectivity index (χ2n) is 7.32. The van der Waals surface area contributed by atoms with Gasteiger partial charge in [-0.05, 0) is 61.9 Å². The number of alkyl halides is 3. The molecule has 0 atom stereocenters. The lowest BCUT2D eigenvalue weighted by Crippen LogP contribution is -2.28. The molecule has 0 aliphatic heterocycles. The summed E-state index contributed by atoms with van der Waals surface area (Å²) in [6, 6.07) is 11.3. The Morgan fingerprint density at radius 2 is 1.81 bits per heavy atom. The second kappa shape index (κ2) is 14.9. The van der Waals surface area contributed by atoms with Crippen LogP contribution in [0.3, 0.4) is 0 Å².